The largest absolute Gasteiger partial charge is 0.393 e. The van der Waals surface area contributed by atoms with Gasteiger partial charge in [-0.15, -0.1) is 0 Å². The number of benzene rings is 2. The van der Waals surface area contributed by atoms with Crippen LogP contribution in [0.25, 0.3) is 11.1 Å². The van der Waals surface area contributed by atoms with Crippen LogP contribution < -0.4 is 5.32 Å². The second-order valence-corrected chi connectivity index (χ2v) is 7.37. The van der Waals surface area contributed by atoms with Crippen molar-refractivity contribution in [3.05, 3.63) is 77.9 Å². The second kappa shape index (κ2) is 7.56. The summed E-state index contributed by atoms with van der Waals surface area (Å²) >= 11 is 0. The van der Waals surface area contributed by atoms with Gasteiger partial charge in [-0.2, -0.15) is 5.10 Å². The highest BCUT2D eigenvalue weighted by atomic mass is 19.1. The van der Waals surface area contributed by atoms with Crippen molar-refractivity contribution < 1.29 is 14.3 Å². The molecule has 1 aromatic heterocycles. The maximum atomic E-state index is 13.1. The van der Waals surface area contributed by atoms with Gasteiger partial charge in [-0.1, -0.05) is 24.3 Å². The number of rotatable bonds is 5. The van der Waals surface area contributed by atoms with E-state index < -0.39 is 0 Å². The summed E-state index contributed by atoms with van der Waals surface area (Å²) in [5.41, 5.74) is 3.31. The molecule has 6 heteroatoms. The Morgan fingerprint density at radius 2 is 1.75 bits per heavy atom. The predicted molar refractivity (Wildman–Crippen MR) is 104 cm³/mol. The van der Waals surface area contributed by atoms with E-state index in [2.05, 4.69) is 10.4 Å². The first-order valence-electron chi connectivity index (χ1n) is 9.33. The molecule has 0 spiro atoms. The lowest BCUT2D eigenvalue weighted by Crippen LogP contribution is -2.41. The molecular weight excluding hydrogens is 357 g/mol. The van der Waals surface area contributed by atoms with E-state index in [0.717, 1.165) is 16.7 Å². The van der Waals surface area contributed by atoms with E-state index in [-0.39, 0.29) is 29.8 Å². The first-order chi connectivity index (χ1) is 13.5. The lowest BCUT2D eigenvalue weighted by atomic mass is 9.75. The lowest BCUT2D eigenvalue weighted by molar-refractivity contribution is 0.0235. The van der Waals surface area contributed by atoms with Crippen molar-refractivity contribution in [1.29, 1.82) is 0 Å². The van der Waals surface area contributed by atoms with Crippen LogP contribution in [0.15, 0.2) is 60.9 Å². The van der Waals surface area contributed by atoms with Crippen LogP contribution in [0.5, 0.6) is 0 Å². The molecule has 1 fully saturated rings. The summed E-state index contributed by atoms with van der Waals surface area (Å²) < 4.78 is 14.8. The Morgan fingerprint density at radius 1 is 1.14 bits per heavy atom. The molecule has 2 N–H and O–H groups in total. The number of hydrogen-bond donors (Lipinski definition) is 2. The molecule has 1 aliphatic carbocycles. The molecule has 1 saturated carbocycles. The van der Waals surface area contributed by atoms with Gasteiger partial charge >= 0.3 is 0 Å². The van der Waals surface area contributed by atoms with E-state index in [9.17, 15) is 14.3 Å². The fraction of sp³-hybridized carbons (Fsp3) is 0.273. The van der Waals surface area contributed by atoms with Crippen molar-refractivity contribution in [2.45, 2.75) is 25.0 Å². The topological polar surface area (TPSA) is 67.2 Å². The molecule has 1 aliphatic rings. The molecule has 0 aliphatic heterocycles. The quantitative estimate of drug-likeness (QED) is 0.713. The Bertz CT molecular complexity index is 960. The Hall–Kier alpha value is -2.99. The Morgan fingerprint density at radius 3 is 2.29 bits per heavy atom. The zero-order valence-corrected chi connectivity index (χ0v) is 15.5. The number of carbonyl (C=O) groups is 1. The van der Waals surface area contributed by atoms with Crippen LogP contribution in [-0.4, -0.2) is 26.9 Å². The molecular formula is C22H22FN3O2. The van der Waals surface area contributed by atoms with Crippen molar-refractivity contribution >= 4 is 5.91 Å². The molecule has 0 bridgehead atoms. The Balaban J connectivity index is 1.50. The summed E-state index contributed by atoms with van der Waals surface area (Å²) in [6.45, 7) is 0. The molecule has 4 rings (SSSR count). The molecule has 0 unspecified atom stereocenters. The Kier molecular flexibility index (Phi) is 4.96. The molecule has 5 nitrogen and oxygen atoms in total. The first-order valence-corrected chi connectivity index (χ1v) is 9.33. The third-order valence-electron chi connectivity index (χ3n) is 5.32. The van der Waals surface area contributed by atoms with Crippen LogP contribution >= 0.6 is 0 Å². The molecule has 0 saturated heterocycles. The Labute approximate surface area is 162 Å². The number of halogens is 1. The molecule has 1 amide bonds. The average molecular weight is 379 g/mol. The van der Waals surface area contributed by atoms with E-state index >= 15 is 0 Å². The molecule has 3 aromatic rings. The van der Waals surface area contributed by atoms with Crippen LogP contribution in [0, 0.1) is 11.7 Å². The fourth-order valence-electron chi connectivity index (χ4n) is 3.66. The van der Waals surface area contributed by atoms with Crippen LogP contribution in [0.2, 0.25) is 0 Å². The highest BCUT2D eigenvalue weighted by molar-refractivity contribution is 5.95. The number of aliphatic hydroxyl groups excluding tert-OH is 1. The van der Waals surface area contributed by atoms with Crippen molar-refractivity contribution in [2.24, 2.45) is 13.0 Å². The summed E-state index contributed by atoms with van der Waals surface area (Å²) in [6.07, 6.45) is 4.70. The second-order valence-electron chi connectivity index (χ2n) is 7.37. The van der Waals surface area contributed by atoms with Gasteiger partial charge in [0.25, 0.3) is 5.91 Å². The van der Waals surface area contributed by atoms with E-state index in [4.69, 9.17) is 0 Å². The number of aliphatic hydroxyl groups is 1. The number of nitrogens with one attached hydrogen (secondary N) is 1. The van der Waals surface area contributed by atoms with Crippen molar-refractivity contribution in [2.75, 3.05) is 0 Å². The third-order valence-corrected chi connectivity index (χ3v) is 5.32. The summed E-state index contributed by atoms with van der Waals surface area (Å²) in [5.74, 6) is -0.246. The highest BCUT2D eigenvalue weighted by Gasteiger charge is 2.36. The van der Waals surface area contributed by atoms with Gasteiger partial charge in [0.1, 0.15) is 5.82 Å². The van der Waals surface area contributed by atoms with Gasteiger partial charge in [0.2, 0.25) is 0 Å². The zero-order chi connectivity index (χ0) is 19.7. The van der Waals surface area contributed by atoms with Gasteiger partial charge in [-0.3, -0.25) is 9.48 Å². The molecule has 1 heterocycles. The normalized spacial score (nSPS) is 19.7. The maximum Gasteiger partial charge on any atom is 0.251 e. The first kappa shape index (κ1) is 18.4. The SMILES string of the molecule is Cn1cc([C@H](NC(=O)c2ccc(-c3ccc(F)cc3)cc2)C2CC(O)C2)cn1. The summed E-state index contributed by atoms with van der Waals surface area (Å²) in [4.78, 5) is 12.8. The van der Waals surface area contributed by atoms with E-state index in [1.165, 1.54) is 12.1 Å². The predicted octanol–water partition coefficient (Wildman–Crippen LogP) is 3.47. The third kappa shape index (κ3) is 3.82. The van der Waals surface area contributed by atoms with E-state index in [1.54, 1.807) is 35.1 Å². The number of carbonyl (C=O) groups excluding carboxylic acids is 1. The van der Waals surface area contributed by atoms with Gasteiger partial charge in [0, 0.05) is 24.4 Å². The maximum absolute atomic E-state index is 13.1. The number of aryl methyl sites for hydroxylation is 1. The monoisotopic (exact) mass is 379 g/mol. The summed E-state index contributed by atoms with van der Waals surface area (Å²) in [6, 6.07) is 13.3. The molecule has 1 atom stereocenters. The van der Waals surface area contributed by atoms with E-state index in [1.807, 2.05) is 25.4 Å². The number of aromatic nitrogens is 2. The van der Waals surface area contributed by atoms with Gasteiger partial charge in [0.15, 0.2) is 0 Å². The van der Waals surface area contributed by atoms with Crippen LogP contribution in [0.3, 0.4) is 0 Å². The summed E-state index contributed by atoms with van der Waals surface area (Å²) in [7, 11) is 1.84. The minimum absolute atomic E-state index is 0.166. The van der Waals surface area contributed by atoms with Crippen LogP contribution in [0.1, 0.15) is 34.8 Å². The highest BCUT2D eigenvalue weighted by Crippen LogP contribution is 2.38. The number of hydrogen-bond acceptors (Lipinski definition) is 3. The average Bonchev–Trinajstić information content (AvgIpc) is 3.10. The molecule has 0 radical (unpaired) electrons. The van der Waals surface area contributed by atoms with Crippen LogP contribution in [-0.2, 0) is 7.05 Å². The zero-order valence-electron chi connectivity index (χ0n) is 15.5. The van der Waals surface area contributed by atoms with Crippen molar-refractivity contribution in [3.8, 4) is 11.1 Å². The molecule has 28 heavy (non-hydrogen) atoms. The smallest absolute Gasteiger partial charge is 0.251 e. The minimum atomic E-state index is -0.295. The van der Waals surface area contributed by atoms with Gasteiger partial charge in [-0.25, -0.2) is 4.39 Å². The van der Waals surface area contributed by atoms with Gasteiger partial charge in [0.05, 0.1) is 18.3 Å². The number of nitrogens with zero attached hydrogens (tertiary/aromatic N) is 2. The van der Waals surface area contributed by atoms with Crippen molar-refractivity contribution in [1.82, 2.24) is 15.1 Å². The molecule has 2 aromatic carbocycles. The standard InChI is InChI=1S/C22H22FN3O2/c1-26-13-18(12-24-26)21(17-10-20(27)11-17)25-22(28)16-4-2-14(3-5-16)15-6-8-19(23)9-7-15/h2-9,12-13,17,20-21,27H,10-11H2,1H3,(H,25,28)/t17?,20?,21-/m1/s1. The fourth-order valence-corrected chi connectivity index (χ4v) is 3.66. The summed E-state index contributed by atoms with van der Waals surface area (Å²) in [5, 5.41) is 17.0. The molecule has 144 valence electrons. The van der Waals surface area contributed by atoms with Gasteiger partial charge < -0.3 is 10.4 Å². The van der Waals surface area contributed by atoms with Crippen LogP contribution in [0.4, 0.5) is 4.39 Å². The van der Waals surface area contributed by atoms with Gasteiger partial charge in [-0.05, 0) is 54.2 Å². The minimum Gasteiger partial charge on any atom is -0.393 e. The lowest BCUT2D eigenvalue weighted by Gasteiger charge is -2.37. The van der Waals surface area contributed by atoms with E-state index in [0.29, 0.717) is 18.4 Å². The number of amides is 1. The van der Waals surface area contributed by atoms with Crippen molar-refractivity contribution in [3.63, 3.8) is 0 Å².